The van der Waals surface area contributed by atoms with Crippen molar-refractivity contribution in [2.75, 3.05) is 19.0 Å². The number of rotatable bonds is 6. The minimum Gasteiger partial charge on any atom is -0.497 e. The van der Waals surface area contributed by atoms with Gasteiger partial charge in [-0.25, -0.2) is 18.7 Å². The highest BCUT2D eigenvalue weighted by Crippen LogP contribution is 2.13. The predicted molar refractivity (Wildman–Crippen MR) is 122 cm³/mol. The molecule has 0 saturated heterocycles. The number of ether oxygens (including phenoxy) is 1. The Labute approximate surface area is 183 Å². The van der Waals surface area contributed by atoms with Crippen LogP contribution in [0.2, 0.25) is 0 Å². The van der Waals surface area contributed by atoms with Gasteiger partial charge in [0.15, 0.2) is 5.65 Å². The van der Waals surface area contributed by atoms with Gasteiger partial charge in [-0.2, -0.15) is 4.98 Å². The second kappa shape index (κ2) is 10.3. The van der Waals surface area contributed by atoms with E-state index in [2.05, 4.69) is 20.3 Å². The van der Waals surface area contributed by atoms with Crippen molar-refractivity contribution in [2.45, 2.75) is 20.3 Å². The van der Waals surface area contributed by atoms with Crippen LogP contribution in [0.1, 0.15) is 19.4 Å². The van der Waals surface area contributed by atoms with Crippen molar-refractivity contribution in [1.29, 1.82) is 0 Å². The van der Waals surface area contributed by atoms with Gasteiger partial charge in [-0.15, -0.1) is 0 Å². The topological polar surface area (TPSA) is 102 Å². The van der Waals surface area contributed by atoms with Gasteiger partial charge in [-0.3, -0.25) is 9.78 Å². The molecule has 2 heterocycles. The Morgan fingerprint density at radius 2 is 1.91 bits per heavy atom. The number of nitrogens with zero attached hydrogens (tertiary/aromatic N) is 3. The number of methoxy groups -OCH3 is 1. The molecule has 8 nitrogen and oxygen atoms in total. The zero-order valence-electron chi connectivity index (χ0n) is 18.1. The van der Waals surface area contributed by atoms with Crippen LogP contribution in [-0.2, 0) is 6.42 Å². The molecular weight excluding hydrogens is 413 g/mol. The number of nitrogens with one attached hydrogen (secondary N) is 2. The van der Waals surface area contributed by atoms with E-state index < -0.39 is 17.1 Å². The van der Waals surface area contributed by atoms with E-state index in [4.69, 9.17) is 4.74 Å². The maximum atomic E-state index is 13.5. The summed E-state index contributed by atoms with van der Waals surface area (Å²) in [6.45, 7) is 4.54. The second-order valence-electron chi connectivity index (χ2n) is 6.53. The standard InChI is InChI=1S/C21H18FN5O3.C2H6/c1-30-16-7-2-4-13(10-16)8-9-23-20-24-12-17-18(25-20)26-21(29)27(19(17)28)15-6-3-5-14(22)11-15;1-2/h2-7,10-12H,8-9H2,1H3,(H2,23,24,25,26,29);1-2H3. The van der Waals surface area contributed by atoms with Gasteiger partial charge in [0.1, 0.15) is 17.0 Å². The fraction of sp³-hybridized carbons (Fsp3) is 0.217. The van der Waals surface area contributed by atoms with Gasteiger partial charge < -0.3 is 10.1 Å². The largest absolute Gasteiger partial charge is 0.497 e. The van der Waals surface area contributed by atoms with Crippen molar-refractivity contribution in [3.63, 3.8) is 0 Å². The van der Waals surface area contributed by atoms with Gasteiger partial charge in [-0.05, 0) is 42.3 Å². The summed E-state index contributed by atoms with van der Waals surface area (Å²) in [7, 11) is 1.61. The summed E-state index contributed by atoms with van der Waals surface area (Å²) in [5.74, 6) is 0.510. The summed E-state index contributed by atoms with van der Waals surface area (Å²) >= 11 is 0. The smallest absolute Gasteiger partial charge is 0.334 e. The first-order valence-corrected chi connectivity index (χ1v) is 10.2. The molecule has 9 heteroatoms. The summed E-state index contributed by atoms with van der Waals surface area (Å²) < 4.78 is 19.6. The molecular formula is C23H24FN5O3. The van der Waals surface area contributed by atoms with E-state index >= 15 is 0 Å². The average molecular weight is 437 g/mol. The van der Waals surface area contributed by atoms with Crippen LogP contribution < -0.4 is 21.3 Å². The van der Waals surface area contributed by atoms with Crippen LogP contribution in [0.3, 0.4) is 0 Å². The van der Waals surface area contributed by atoms with Gasteiger partial charge >= 0.3 is 5.69 Å². The lowest BCUT2D eigenvalue weighted by Gasteiger charge is -2.08. The maximum absolute atomic E-state index is 13.5. The van der Waals surface area contributed by atoms with Crippen LogP contribution in [0.5, 0.6) is 5.75 Å². The molecule has 2 aromatic carbocycles. The third-order valence-electron chi connectivity index (χ3n) is 4.55. The first kappa shape index (κ1) is 22.7. The van der Waals surface area contributed by atoms with Crippen molar-refractivity contribution >= 4 is 17.0 Å². The Bertz CT molecular complexity index is 1330. The summed E-state index contributed by atoms with van der Waals surface area (Å²) in [5, 5.41) is 3.19. The number of fused-ring (bicyclic) bond motifs is 1. The van der Waals surface area contributed by atoms with Crippen LogP contribution in [0.15, 0.2) is 64.3 Å². The zero-order chi connectivity index (χ0) is 23.1. The highest BCUT2D eigenvalue weighted by Gasteiger charge is 2.12. The van der Waals surface area contributed by atoms with E-state index in [1.165, 1.54) is 24.4 Å². The quantitative estimate of drug-likeness (QED) is 0.480. The highest BCUT2D eigenvalue weighted by molar-refractivity contribution is 5.73. The van der Waals surface area contributed by atoms with E-state index in [9.17, 15) is 14.0 Å². The van der Waals surface area contributed by atoms with E-state index in [1.54, 1.807) is 7.11 Å². The number of aromatic amines is 1. The minimum atomic E-state index is -0.709. The average Bonchev–Trinajstić information content (AvgIpc) is 2.80. The molecule has 32 heavy (non-hydrogen) atoms. The molecule has 0 fully saturated rings. The molecule has 0 atom stereocenters. The molecule has 0 unspecified atom stereocenters. The van der Waals surface area contributed by atoms with Crippen LogP contribution in [0.4, 0.5) is 10.3 Å². The normalized spacial score (nSPS) is 10.4. The first-order chi connectivity index (χ1) is 15.5. The molecule has 2 N–H and O–H groups in total. The fourth-order valence-electron chi connectivity index (χ4n) is 3.08. The number of hydrogen-bond donors (Lipinski definition) is 2. The summed E-state index contributed by atoms with van der Waals surface area (Å²) in [6, 6.07) is 12.9. The van der Waals surface area contributed by atoms with Crippen molar-refractivity contribution in [3.8, 4) is 11.4 Å². The van der Waals surface area contributed by atoms with Crippen molar-refractivity contribution in [1.82, 2.24) is 19.5 Å². The molecule has 0 amide bonds. The molecule has 0 radical (unpaired) electrons. The van der Waals surface area contributed by atoms with E-state index in [0.29, 0.717) is 13.0 Å². The third-order valence-corrected chi connectivity index (χ3v) is 4.55. The number of halogens is 1. The predicted octanol–water partition coefficient (Wildman–Crippen LogP) is 3.30. The van der Waals surface area contributed by atoms with Gasteiger partial charge in [0.2, 0.25) is 5.95 Å². The SMILES string of the molecule is CC.COc1cccc(CCNc2ncc3c(=O)n(-c4cccc(F)c4)c(=O)[nH]c3n2)c1. The molecule has 4 rings (SSSR count). The first-order valence-electron chi connectivity index (χ1n) is 10.2. The van der Waals surface area contributed by atoms with Crippen LogP contribution in [0.25, 0.3) is 16.7 Å². The van der Waals surface area contributed by atoms with Crippen LogP contribution >= 0.6 is 0 Å². The van der Waals surface area contributed by atoms with Gasteiger partial charge in [-0.1, -0.05) is 32.0 Å². The third kappa shape index (κ3) is 5.00. The second-order valence-corrected chi connectivity index (χ2v) is 6.53. The molecule has 0 spiro atoms. The molecule has 0 aliphatic heterocycles. The van der Waals surface area contributed by atoms with E-state index in [1.807, 2.05) is 38.1 Å². The summed E-state index contributed by atoms with van der Waals surface area (Å²) in [5.41, 5.74) is -0.0180. The summed E-state index contributed by atoms with van der Waals surface area (Å²) in [4.78, 5) is 36.1. The number of hydrogen-bond acceptors (Lipinski definition) is 6. The lowest BCUT2D eigenvalue weighted by Crippen LogP contribution is -2.34. The van der Waals surface area contributed by atoms with Crippen molar-refractivity contribution in [3.05, 3.63) is 86.9 Å². The zero-order valence-corrected chi connectivity index (χ0v) is 18.1. The fourth-order valence-corrected chi connectivity index (χ4v) is 3.08. The monoisotopic (exact) mass is 437 g/mol. The molecule has 166 valence electrons. The number of H-pyrrole nitrogens is 1. The number of anilines is 1. The molecule has 0 saturated carbocycles. The number of benzene rings is 2. The molecule has 4 aromatic rings. The Balaban J connectivity index is 0.00000141. The van der Waals surface area contributed by atoms with Crippen molar-refractivity contribution in [2.24, 2.45) is 0 Å². The van der Waals surface area contributed by atoms with E-state index in [0.717, 1.165) is 21.9 Å². The molecule has 0 bridgehead atoms. The number of aromatic nitrogens is 4. The van der Waals surface area contributed by atoms with Crippen molar-refractivity contribution < 1.29 is 9.13 Å². The molecule has 2 aromatic heterocycles. The van der Waals surface area contributed by atoms with Crippen LogP contribution in [0, 0.1) is 5.82 Å². The highest BCUT2D eigenvalue weighted by atomic mass is 19.1. The van der Waals surface area contributed by atoms with Gasteiger partial charge in [0.05, 0.1) is 12.8 Å². The molecule has 0 aliphatic carbocycles. The Hall–Kier alpha value is -4.01. The Morgan fingerprint density at radius 1 is 1.12 bits per heavy atom. The van der Waals surface area contributed by atoms with Gasteiger partial charge in [0, 0.05) is 12.7 Å². The van der Waals surface area contributed by atoms with E-state index in [-0.39, 0.29) is 22.7 Å². The maximum Gasteiger partial charge on any atom is 0.334 e. The lowest BCUT2D eigenvalue weighted by molar-refractivity contribution is 0.414. The van der Waals surface area contributed by atoms with Crippen LogP contribution in [-0.4, -0.2) is 33.2 Å². The minimum absolute atomic E-state index is 0.108. The Kier molecular flexibility index (Phi) is 7.33. The summed E-state index contributed by atoms with van der Waals surface area (Å²) in [6.07, 6.45) is 2.04. The Morgan fingerprint density at radius 3 is 2.66 bits per heavy atom. The molecule has 0 aliphatic rings. The lowest BCUT2D eigenvalue weighted by atomic mass is 10.1. The van der Waals surface area contributed by atoms with Gasteiger partial charge in [0.25, 0.3) is 5.56 Å².